The van der Waals surface area contributed by atoms with E-state index in [1.807, 2.05) is 6.08 Å². The summed E-state index contributed by atoms with van der Waals surface area (Å²) in [6.45, 7) is 6.10. The van der Waals surface area contributed by atoms with Gasteiger partial charge in [-0.15, -0.1) is 6.58 Å². The van der Waals surface area contributed by atoms with E-state index >= 15 is 0 Å². The maximum absolute atomic E-state index is 3.79. The lowest BCUT2D eigenvalue weighted by molar-refractivity contribution is 0.250. The van der Waals surface area contributed by atoms with Gasteiger partial charge in [-0.05, 0) is 72.9 Å². The Morgan fingerprint density at radius 3 is 1.77 bits per heavy atom. The third-order valence-electron chi connectivity index (χ3n) is 6.67. The van der Waals surface area contributed by atoms with Gasteiger partial charge in [0.05, 0.1) is 0 Å². The van der Waals surface area contributed by atoms with Gasteiger partial charge in [0, 0.05) is 11.1 Å². The fourth-order valence-electron chi connectivity index (χ4n) is 4.59. The lowest BCUT2D eigenvalue weighted by Crippen LogP contribution is -2.15. The molecule has 0 nitrogen and oxygen atoms in total. The molecule has 0 aliphatic heterocycles. The number of benzene rings is 2. The van der Waals surface area contributed by atoms with Crippen molar-refractivity contribution in [3.8, 4) is 11.8 Å². The van der Waals surface area contributed by atoms with E-state index in [4.69, 9.17) is 0 Å². The zero-order valence-electron chi connectivity index (χ0n) is 18.8. The Kier molecular flexibility index (Phi) is 9.30. The van der Waals surface area contributed by atoms with Crippen molar-refractivity contribution in [1.82, 2.24) is 0 Å². The van der Waals surface area contributed by atoms with E-state index in [9.17, 15) is 0 Å². The van der Waals surface area contributed by atoms with Crippen molar-refractivity contribution in [2.75, 3.05) is 0 Å². The molecular weight excluding hydrogens is 360 g/mol. The highest BCUT2D eigenvalue weighted by atomic mass is 14.3. The molecule has 30 heavy (non-hydrogen) atoms. The SMILES string of the molecule is C=CCCc1ccc(C#Cc2ccc(CCC3CCC(CCCC)CC3)cc2)cc1. The van der Waals surface area contributed by atoms with Crippen molar-refractivity contribution in [3.63, 3.8) is 0 Å². The van der Waals surface area contributed by atoms with Crippen LogP contribution >= 0.6 is 0 Å². The lowest BCUT2D eigenvalue weighted by atomic mass is 9.78. The Balaban J connectivity index is 1.43. The summed E-state index contributed by atoms with van der Waals surface area (Å²) in [6.07, 6.45) is 16.7. The van der Waals surface area contributed by atoms with Crippen LogP contribution in [0.1, 0.15) is 87.0 Å². The van der Waals surface area contributed by atoms with Crippen molar-refractivity contribution in [2.45, 2.75) is 77.6 Å². The Morgan fingerprint density at radius 1 is 0.767 bits per heavy atom. The standard InChI is InChI=1S/C30H38/c1-3-5-7-25-9-13-27(14-10-25)17-19-29-21-23-30(24-22-29)20-18-28-15-11-26(12-16-28)8-6-4-2/h3,9-10,13-14,21-24,26,28H,1,4-8,11-12,15-16,18,20H2,2H3. The van der Waals surface area contributed by atoms with Crippen LogP contribution in [0.5, 0.6) is 0 Å². The van der Waals surface area contributed by atoms with Crippen molar-refractivity contribution < 1.29 is 0 Å². The minimum absolute atomic E-state index is 0.941. The van der Waals surface area contributed by atoms with Crippen LogP contribution in [0.4, 0.5) is 0 Å². The van der Waals surface area contributed by atoms with Crippen molar-refractivity contribution in [1.29, 1.82) is 0 Å². The molecule has 0 saturated heterocycles. The molecule has 0 bridgehead atoms. The van der Waals surface area contributed by atoms with Gasteiger partial charge in [-0.1, -0.05) is 94.1 Å². The van der Waals surface area contributed by atoms with Gasteiger partial charge in [0.2, 0.25) is 0 Å². The smallest absolute Gasteiger partial charge is 0.0249 e. The molecule has 0 unspecified atom stereocenters. The monoisotopic (exact) mass is 398 g/mol. The van der Waals surface area contributed by atoms with Crippen LogP contribution in [0, 0.1) is 23.7 Å². The summed E-state index contributed by atoms with van der Waals surface area (Å²) in [6, 6.07) is 17.5. The third-order valence-corrected chi connectivity index (χ3v) is 6.67. The average Bonchev–Trinajstić information content (AvgIpc) is 2.80. The van der Waals surface area contributed by atoms with Crippen LogP contribution in [0.2, 0.25) is 0 Å². The van der Waals surface area contributed by atoms with E-state index in [-0.39, 0.29) is 0 Å². The molecule has 0 heterocycles. The topological polar surface area (TPSA) is 0 Å². The van der Waals surface area contributed by atoms with E-state index in [0.717, 1.165) is 35.8 Å². The molecule has 0 aromatic heterocycles. The van der Waals surface area contributed by atoms with Gasteiger partial charge in [0.15, 0.2) is 0 Å². The molecule has 0 amide bonds. The molecule has 0 atom stereocenters. The third kappa shape index (κ3) is 7.53. The van der Waals surface area contributed by atoms with Gasteiger partial charge >= 0.3 is 0 Å². The van der Waals surface area contributed by atoms with Crippen molar-refractivity contribution in [2.24, 2.45) is 11.8 Å². The molecule has 158 valence electrons. The van der Waals surface area contributed by atoms with Gasteiger partial charge < -0.3 is 0 Å². The Bertz CT molecular complexity index is 805. The van der Waals surface area contributed by atoms with Crippen LogP contribution in [-0.2, 0) is 12.8 Å². The van der Waals surface area contributed by atoms with Crippen molar-refractivity contribution in [3.05, 3.63) is 83.4 Å². The Labute approximate surface area is 184 Å². The van der Waals surface area contributed by atoms with Crippen LogP contribution in [0.3, 0.4) is 0 Å². The first-order chi connectivity index (χ1) is 14.8. The number of unbranched alkanes of at least 4 members (excludes halogenated alkanes) is 1. The fourth-order valence-corrected chi connectivity index (χ4v) is 4.59. The maximum atomic E-state index is 3.79. The minimum Gasteiger partial charge on any atom is -0.103 e. The molecule has 3 rings (SSSR count). The maximum Gasteiger partial charge on any atom is 0.0249 e. The van der Waals surface area contributed by atoms with E-state index in [1.165, 1.54) is 68.9 Å². The molecule has 0 spiro atoms. The molecule has 2 aromatic carbocycles. The second kappa shape index (κ2) is 12.4. The van der Waals surface area contributed by atoms with Gasteiger partial charge in [0.25, 0.3) is 0 Å². The van der Waals surface area contributed by atoms with E-state index < -0.39 is 0 Å². The molecule has 1 fully saturated rings. The second-order valence-electron chi connectivity index (χ2n) is 9.04. The number of hydrogen-bond donors (Lipinski definition) is 0. The first-order valence-corrected chi connectivity index (χ1v) is 12.1. The minimum atomic E-state index is 0.941. The molecule has 2 aromatic rings. The number of allylic oxidation sites excluding steroid dienone is 1. The average molecular weight is 399 g/mol. The summed E-state index contributed by atoms with van der Waals surface area (Å²) in [5.74, 6) is 8.57. The van der Waals surface area contributed by atoms with E-state index in [1.54, 1.807) is 0 Å². The van der Waals surface area contributed by atoms with Crippen molar-refractivity contribution >= 4 is 0 Å². The zero-order chi connectivity index (χ0) is 21.0. The lowest BCUT2D eigenvalue weighted by Gasteiger charge is -2.28. The van der Waals surface area contributed by atoms with Gasteiger partial charge in [-0.25, -0.2) is 0 Å². The molecule has 0 radical (unpaired) electrons. The molecule has 1 aliphatic rings. The molecular formula is C30H38. The predicted molar refractivity (Wildman–Crippen MR) is 131 cm³/mol. The molecule has 1 saturated carbocycles. The summed E-state index contributed by atoms with van der Waals surface area (Å²) >= 11 is 0. The quantitative estimate of drug-likeness (QED) is 0.295. The van der Waals surface area contributed by atoms with Crippen LogP contribution in [-0.4, -0.2) is 0 Å². The first kappa shape index (κ1) is 22.4. The Morgan fingerprint density at radius 2 is 1.27 bits per heavy atom. The van der Waals surface area contributed by atoms with Gasteiger partial charge in [-0.2, -0.15) is 0 Å². The van der Waals surface area contributed by atoms with Crippen LogP contribution in [0.25, 0.3) is 0 Å². The highest BCUT2D eigenvalue weighted by molar-refractivity contribution is 5.44. The summed E-state index contributed by atoms with van der Waals surface area (Å²) in [5, 5.41) is 0. The first-order valence-electron chi connectivity index (χ1n) is 12.1. The van der Waals surface area contributed by atoms with E-state index in [0.29, 0.717) is 0 Å². The highest BCUT2D eigenvalue weighted by Crippen LogP contribution is 2.34. The van der Waals surface area contributed by atoms with Gasteiger partial charge in [0.1, 0.15) is 0 Å². The number of aryl methyl sites for hydroxylation is 2. The zero-order valence-corrected chi connectivity index (χ0v) is 18.8. The fraction of sp³-hybridized carbons (Fsp3) is 0.467. The largest absolute Gasteiger partial charge is 0.103 e. The summed E-state index contributed by atoms with van der Waals surface area (Å²) in [4.78, 5) is 0. The van der Waals surface area contributed by atoms with Crippen LogP contribution in [0.15, 0.2) is 61.2 Å². The summed E-state index contributed by atoms with van der Waals surface area (Å²) in [5.41, 5.74) is 4.99. The van der Waals surface area contributed by atoms with E-state index in [2.05, 4.69) is 73.9 Å². The predicted octanol–water partition coefficient (Wildman–Crippen LogP) is 8.13. The highest BCUT2D eigenvalue weighted by Gasteiger charge is 2.20. The molecule has 0 N–H and O–H groups in total. The molecule has 0 heteroatoms. The molecule has 1 aliphatic carbocycles. The Hall–Kier alpha value is -2.26. The number of rotatable bonds is 9. The summed E-state index contributed by atoms with van der Waals surface area (Å²) in [7, 11) is 0. The summed E-state index contributed by atoms with van der Waals surface area (Å²) < 4.78 is 0. The normalized spacial score (nSPS) is 18.4. The second-order valence-corrected chi connectivity index (χ2v) is 9.04. The van der Waals surface area contributed by atoms with Gasteiger partial charge in [-0.3, -0.25) is 0 Å². The number of hydrogen-bond acceptors (Lipinski definition) is 0. The van der Waals surface area contributed by atoms with Crippen LogP contribution < -0.4 is 0 Å².